The highest BCUT2D eigenvalue weighted by Gasteiger charge is 2.27. The second-order valence-corrected chi connectivity index (χ2v) is 12.7. The van der Waals surface area contributed by atoms with Crippen LogP contribution in [0.15, 0.2) is 118 Å². The monoisotopic (exact) mass is 660 g/mol. The van der Waals surface area contributed by atoms with Gasteiger partial charge in [0.15, 0.2) is 6.61 Å². The fourth-order valence-corrected chi connectivity index (χ4v) is 6.15. The minimum Gasteiger partial charge on any atom is -0.494 e. The average molecular weight is 661 g/mol. The van der Waals surface area contributed by atoms with Crippen molar-refractivity contribution in [3.8, 4) is 11.5 Å². The first kappa shape index (κ1) is 34.1. The molecule has 10 nitrogen and oxygen atoms in total. The number of amides is 2. The van der Waals surface area contributed by atoms with Crippen LogP contribution in [0.2, 0.25) is 0 Å². The van der Waals surface area contributed by atoms with Gasteiger partial charge in [0, 0.05) is 4.90 Å². The van der Waals surface area contributed by atoms with Crippen molar-refractivity contribution in [2.45, 2.75) is 29.7 Å². The maximum atomic E-state index is 13.7. The van der Waals surface area contributed by atoms with Crippen molar-refractivity contribution in [3.05, 3.63) is 114 Å². The van der Waals surface area contributed by atoms with Gasteiger partial charge in [0.2, 0.25) is 0 Å². The van der Waals surface area contributed by atoms with E-state index in [0.29, 0.717) is 29.4 Å². The molecule has 0 saturated heterocycles. The maximum absolute atomic E-state index is 13.7. The van der Waals surface area contributed by atoms with Crippen molar-refractivity contribution in [1.29, 1.82) is 0 Å². The molecule has 0 bridgehead atoms. The third kappa shape index (κ3) is 9.59. The third-order valence-electron chi connectivity index (χ3n) is 6.70. The van der Waals surface area contributed by atoms with Crippen molar-refractivity contribution in [3.63, 3.8) is 0 Å². The second kappa shape index (κ2) is 16.5. The van der Waals surface area contributed by atoms with Crippen LogP contribution in [-0.2, 0) is 19.6 Å². The quantitative estimate of drug-likeness (QED) is 0.0993. The molecular formula is C34H36N4O6S2. The molecule has 0 aromatic heterocycles. The lowest BCUT2D eigenvalue weighted by Crippen LogP contribution is -2.39. The van der Waals surface area contributed by atoms with Crippen LogP contribution in [0.4, 0.5) is 5.69 Å². The molecule has 0 aliphatic rings. The van der Waals surface area contributed by atoms with Crippen LogP contribution in [-0.4, -0.2) is 52.5 Å². The van der Waals surface area contributed by atoms with Gasteiger partial charge >= 0.3 is 0 Å². The summed E-state index contributed by atoms with van der Waals surface area (Å²) in [6.07, 6.45) is 3.32. The van der Waals surface area contributed by atoms with Gasteiger partial charge in [-0.15, -0.1) is 11.8 Å². The Balaban J connectivity index is 1.35. The molecule has 0 aliphatic heterocycles. The molecule has 2 N–H and O–H groups in total. The number of anilines is 1. The van der Waals surface area contributed by atoms with E-state index in [2.05, 4.69) is 15.8 Å². The smallest absolute Gasteiger partial charge is 0.264 e. The van der Waals surface area contributed by atoms with Gasteiger partial charge in [0.05, 0.1) is 29.4 Å². The van der Waals surface area contributed by atoms with E-state index >= 15 is 0 Å². The lowest BCUT2D eigenvalue weighted by molar-refractivity contribution is -0.123. The fourth-order valence-electron chi connectivity index (χ4n) is 4.32. The molecule has 4 aromatic carbocycles. The Labute approximate surface area is 273 Å². The predicted octanol–water partition coefficient (Wildman–Crippen LogP) is 5.41. The van der Waals surface area contributed by atoms with Crippen molar-refractivity contribution in [2.75, 3.05) is 30.3 Å². The Kier molecular flexibility index (Phi) is 12.2. The first-order valence-corrected chi connectivity index (χ1v) is 17.1. The van der Waals surface area contributed by atoms with Gasteiger partial charge in [-0.05, 0) is 104 Å². The molecule has 0 aliphatic carbocycles. The van der Waals surface area contributed by atoms with Crippen LogP contribution in [0.1, 0.15) is 31.0 Å². The van der Waals surface area contributed by atoms with Crippen molar-refractivity contribution in [1.82, 2.24) is 10.7 Å². The van der Waals surface area contributed by atoms with Crippen LogP contribution in [0, 0.1) is 0 Å². The Hall–Kier alpha value is -4.81. The summed E-state index contributed by atoms with van der Waals surface area (Å²) in [5.74, 6) is 0.192. The maximum Gasteiger partial charge on any atom is 0.264 e. The SMILES string of the molecule is CCOc1ccc(N(CC(=O)N/N=C\c2ccc(OCC(=O)N[C@H](C)c3ccccc3)cc2)S(=O)(=O)c2ccc(SC)cc2)cc1. The van der Waals surface area contributed by atoms with E-state index in [9.17, 15) is 18.0 Å². The summed E-state index contributed by atoms with van der Waals surface area (Å²) >= 11 is 1.50. The molecule has 1 atom stereocenters. The van der Waals surface area contributed by atoms with Gasteiger partial charge in [-0.3, -0.25) is 13.9 Å². The highest BCUT2D eigenvalue weighted by Crippen LogP contribution is 2.27. The van der Waals surface area contributed by atoms with E-state index in [1.54, 1.807) is 60.7 Å². The van der Waals surface area contributed by atoms with Crippen molar-refractivity contribution >= 4 is 45.5 Å². The molecule has 0 saturated carbocycles. The van der Waals surface area contributed by atoms with Gasteiger partial charge in [-0.1, -0.05) is 30.3 Å². The number of carbonyl (C=O) groups excluding carboxylic acids is 2. The molecule has 2 amide bonds. The summed E-state index contributed by atoms with van der Waals surface area (Å²) in [4.78, 5) is 26.2. The number of rotatable bonds is 15. The summed E-state index contributed by atoms with van der Waals surface area (Å²) < 4.78 is 39.4. The first-order chi connectivity index (χ1) is 22.2. The summed E-state index contributed by atoms with van der Waals surface area (Å²) in [7, 11) is -4.09. The number of hydrogen-bond acceptors (Lipinski definition) is 8. The Bertz CT molecular complexity index is 1710. The molecule has 0 radical (unpaired) electrons. The molecule has 4 rings (SSSR count). The van der Waals surface area contributed by atoms with Crippen molar-refractivity contribution in [2.24, 2.45) is 5.10 Å². The highest BCUT2D eigenvalue weighted by molar-refractivity contribution is 7.98. The zero-order chi connectivity index (χ0) is 32.9. The van der Waals surface area contributed by atoms with E-state index in [-0.39, 0.29) is 23.5 Å². The molecule has 0 unspecified atom stereocenters. The van der Waals surface area contributed by atoms with Crippen LogP contribution < -0.4 is 24.5 Å². The zero-order valence-electron chi connectivity index (χ0n) is 25.8. The number of sulfonamides is 1. The van der Waals surface area contributed by atoms with Gasteiger partial charge in [-0.2, -0.15) is 5.10 Å². The van der Waals surface area contributed by atoms with Crippen LogP contribution in [0.3, 0.4) is 0 Å². The van der Waals surface area contributed by atoms with E-state index < -0.39 is 22.5 Å². The van der Waals surface area contributed by atoms with E-state index in [1.807, 2.05) is 50.4 Å². The Morgan fingerprint density at radius 1 is 0.870 bits per heavy atom. The minimum absolute atomic E-state index is 0.0565. The van der Waals surface area contributed by atoms with Gasteiger partial charge in [0.25, 0.3) is 21.8 Å². The number of nitrogens with zero attached hydrogens (tertiary/aromatic N) is 2. The number of thioether (sulfide) groups is 1. The molecule has 0 spiro atoms. The molecule has 0 fully saturated rings. The lowest BCUT2D eigenvalue weighted by atomic mass is 10.1. The normalized spacial score (nSPS) is 11.9. The first-order valence-electron chi connectivity index (χ1n) is 14.5. The van der Waals surface area contributed by atoms with E-state index in [0.717, 1.165) is 14.8 Å². The summed E-state index contributed by atoms with van der Waals surface area (Å²) in [6.45, 7) is 3.57. The molecule has 240 valence electrons. The highest BCUT2D eigenvalue weighted by atomic mass is 32.2. The van der Waals surface area contributed by atoms with Gasteiger partial charge < -0.3 is 14.8 Å². The van der Waals surface area contributed by atoms with Crippen LogP contribution in [0.5, 0.6) is 11.5 Å². The molecule has 12 heteroatoms. The molecular weight excluding hydrogens is 625 g/mol. The van der Waals surface area contributed by atoms with Gasteiger partial charge in [-0.25, -0.2) is 13.8 Å². The van der Waals surface area contributed by atoms with Crippen LogP contribution in [0.25, 0.3) is 0 Å². The predicted molar refractivity (Wildman–Crippen MR) is 181 cm³/mol. The van der Waals surface area contributed by atoms with Crippen LogP contribution >= 0.6 is 11.8 Å². The Morgan fingerprint density at radius 3 is 2.13 bits per heavy atom. The molecule has 0 heterocycles. The number of benzene rings is 4. The standard InChI is InChI=1S/C34H36N4O6S2/c1-4-43-29-16-12-28(13-17-29)38(46(41,42)32-20-18-31(45-3)19-21-32)23-33(39)37-35-22-26-10-14-30(15-11-26)44-24-34(40)36-25(2)27-8-6-5-7-9-27/h5-22,25H,4,23-24H2,1-3H3,(H,36,40)(H,37,39)/b35-22-/t25-/m1/s1. The van der Waals surface area contributed by atoms with E-state index in [1.165, 1.54) is 30.1 Å². The van der Waals surface area contributed by atoms with Gasteiger partial charge in [0.1, 0.15) is 18.0 Å². The Morgan fingerprint density at radius 2 is 1.50 bits per heavy atom. The zero-order valence-corrected chi connectivity index (χ0v) is 27.4. The minimum atomic E-state index is -4.09. The largest absolute Gasteiger partial charge is 0.494 e. The third-order valence-corrected chi connectivity index (χ3v) is 9.23. The lowest BCUT2D eigenvalue weighted by Gasteiger charge is -2.24. The fraction of sp³-hybridized carbons (Fsp3) is 0.206. The molecule has 46 heavy (non-hydrogen) atoms. The summed E-state index contributed by atoms with van der Waals surface area (Å²) in [5, 5.41) is 6.89. The topological polar surface area (TPSA) is 126 Å². The average Bonchev–Trinajstić information content (AvgIpc) is 3.08. The summed E-state index contributed by atoms with van der Waals surface area (Å²) in [5.41, 5.74) is 4.36. The van der Waals surface area contributed by atoms with Crippen molar-refractivity contribution < 1.29 is 27.5 Å². The number of hydrazone groups is 1. The summed E-state index contributed by atoms with van der Waals surface area (Å²) in [6, 6.07) is 29.2. The van der Waals surface area contributed by atoms with E-state index in [4.69, 9.17) is 9.47 Å². The molecule has 4 aromatic rings. The number of ether oxygens (including phenoxy) is 2. The number of nitrogens with one attached hydrogen (secondary N) is 2. The second-order valence-electron chi connectivity index (χ2n) is 9.96. The number of carbonyl (C=O) groups is 2. The number of hydrogen-bond donors (Lipinski definition) is 2.